The van der Waals surface area contributed by atoms with E-state index >= 15 is 0 Å². The fourth-order valence-corrected chi connectivity index (χ4v) is 1.96. The van der Waals surface area contributed by atoms with Crippen LogP contribution in [-0.4, -0.2) is 27.3 Å². The lowest BCUT2D eigenvalue weighted by molar-refractivity contribution is 0.201. The molecule has 4 heteroatoms. The molecule has 2 rings (SSSR count). The van der Waals surface area contributed by atoms with Gasteiger partial charge >= 0.3 is 0 Å². The van der Waals surface area contributed by atoms with Crippen LogP contribution < -0.4 is 0 Å². The van der Waals surface area contributed by atoms with Crippen LogP contribution in [-0.2, 0) is 6.67 Å². The van der Waals surface area contributed by atoms with Crippen molar-refractivity contribution in [3.8, 4) is 0 Å². The van der Waals surface area contributed by atoms with E-state index in [9.17, 15) is 0 Å². The predicted molar refractivity (Wildman–Crippen MR) is 52.6 cm³/mol. The Morgan fingerprint density at radius 1 is 1.69 bits per heavy atom. The summed E-state index contributed by atoms with van der Waals surface area (Å²) in [5, 5.41) is 4.87. The second-order valence-electron chi connectivity index (χ2n) is 3.64. The lowest BCUT2D eigenvalue weighted by atomic mass is 10.2. The van der Waals surface area contributed by atoms with Gasteiger partial charge in [-0.2, -0.15) is 5.10 Å². The number of rotatable bonds is 2. The van der Waals surface area contributed by atoms with Crippen LogP contribution in [0.3, 0.4) is 0 Å². The summed E-state index contributed by atoms with van der Waals surface area (Å²) in [5.74, 6) is 0. The maximum atomic E-state index is 5.78. The Labute approximate surface area is 83.3 Å². The molecule has 0 aromatic carbocycles. The summed E-state index contributed by atoms with van der Waals surface area (Å²) < 4.78 is 1.89. The van der Waals surface area contributed by atoms with E-state index in [0.717, 1.165) is 6.67 Å². The lowest BCUT2D eigenvalue weighted by Crippen LogP contribution is -2.29. The van der Waals surface area contributed by atoms with Crippen molar-refractivity contribution < 1.29 is 0 Å². The van der Waals surface area contributed by atoms with Gasteiger partial charge in [-0.05, 0) is 19.8 Å². The third-order valence-corrected chi connectivity index (χ3v) is 2.81. The molecule has 0 radical (unpaired) electrons. The van der Waals surface area contributed by atoms with Crippen LogP contribution >= 0.6 is 11.6 Å². The summed E-state index contributed by atoms with van der Waals surface area (Å²) in [6, 6.07) is 0.683. The third-order valence-electron chi connectivity index (χ3n) is 2.62. The van der Waals surface area contributed by atoms with Gasteiger partial charge in [0.15, 0.2) is 0 Å². The van der Waals surface area contributed by atoms with Gasteiger partial charge in [0.05, 0.1) is 17.9 Å². The second kappa shape index (κ2) is 3.68. The lowest BCUT2D eigenvalue weighted by Gasteiger charge is -2.20. The average molecular weight is 200 g/mol. The minimum absolute atomic E-state index is 0.683. The highest BCUT2D eigenvalue weighted by Crippen LogP contribution is 2.17. The molecule has 0 bridgehead atoms. The van der Waals surface area contributed by atoms with Crippen molar-refractivity contribution in [1.29, 1.82) is 0 Å². The highest BCUT2D eigenvalue weighted by Gasteiger charge is 2.20. The number of hydrogen-bond acceptors (Lipinski definition) is 2. The van der Waals surface area contributed by atoms with Crippen LogP contribution in [0.15, 0.2) is 12.4 Å². The summed E-state index contributed by atoms with van der Waals surface area (Å²) >= 11 is 5.78. The average Bonchev–Trinajstić information content (AvgIpc) is 2.64. The predicted octanol–water partition coefficient (Wildman–Crippen LogP) is 1.98. The zero-order valence-corrected chi connectivity index (χ0v) is 8.54. The summed E-state index contributed by atoms with van der Waals surface area (Å²) in [7, 11) is 0. The Morgan fingerprint density at radius 2 is 2.54 bits per heavy atom. The molecule has 1 saturated heterocycles. The Kier molecular flexibility index (Phi) is 2.56. The van der Waals surface area contributed by atoms with Gasteiger partial charge in [-0.15, -0.1) is 0 Å². The number of halogens is 1. The molecule has 1 aliphatic heterocycles. The van der Waals surface area contributed by atoms with Crippen LogP contribution in [0, 0.1) is 0 Å². The van der Waals surface area contributed by atoms with E-state index in [1.165, 1.54) is 19.4 Å². The Bertz CT molecular complexity index is 284. The molecule has 0 amide bonds. The first-order valence-electron chi connectivity index (χ1n) is 4.68. The fourth-order valence-electron chi connectivity index (χ4n) is 1.80. The van der Waals surface area contributed by atoms with Gasteiger partial charge in [-0.25, -0.2) is 0 Å². The Hall–Kier alpha value is -0.540. The SMILES string of the molecule is CC1CCCN1Cn1cc(Cl)cn1. The Morgan fingerprint density at radius 3 is 3.08 bits per heavy atom. The normalized spacial score (nSPS) is 24.0. The van der Waals surface area contributed by atoms with Crippen LogP contribution in [0.5, 0.6) is 0 Å². The van der Waals surface area contributed by atoms with Gasteiger partial charge in [-0.1, -0.05) is 11.6 Å². The molecule has 0 N–H and O–H groups in total. The van der Waals surface area contributed by atoms with Gasteiger partial charge in [-0.3, -0.25) is 9.58 Å². The molecule has 1 aliphatic rings. The molecule has 13 heavy (non-hydrogen) atoms. The topological polar surface area (TPSA) is 21.1 Å². The number of likely N-dealkylation sites (tertiary alicyclic amines) is 1. The molecule has 0 saturated carbocycles. The van der Waals surface area contributed by atoms with Crippen LogP contribution in [0.25, 0.3) is 0 Å². The number of nitrogens with zero attached hydrogens (tertiary/aromatic N) is 3. The summed E-state index contributed by atoms with van der Waals surface area (Å²) in [6.45, 7) is 4.31. The molecule has 0 spiro atoms. The highest BCUT2D eigenvalue weighted by atomic mass is 35.5. The second-order valence-corrected chi connectivity index (χ2v) is 4.08. The van der Waals surface area contributed by atoms with Crippen molar-refractivity contribution in [2.24, 2.45) is 0 Å². The molecular weight excluding hydrogens is 186 g/mol. The van der Waals surface area contributed by atoms with E-state index < -0.39 is 0 Å². The highest BCUT2D eigenvalue weighted by molar-refractivity contribution is 6.30. The summed E-state index contributed by atoms with van der Waals surface area (Å²) in [4.78, 5) is 2.42. The molecule has 2 heterocycles. The molecular formula is C9H14ClN3. The van der Waals surface area contributed by atoms with Crippen LogP contribution in [0.1, 0.15) is 19.8 Å². The molecule has 1 atom stereocenters. The van der Waals surface area contributed by atoms with Crippen molar-refractivity contribution >= 4 is 11.6 Å². The third kappa shape index (κ3) is 2.03. The van der Waals surface area contributed by atoms with Crippen LogP contribution in [0.4, 0.5) is 0 Å². The molecule has 1 aromatic heterocycles. The van der Waals surface area contributed by atoms with E-state index in [-0.39, 0.29) is 0 Å². The fraction of sp³-hybridized carbons (Fsp3) is 0.667. The standard InChI is InChI=1S/C9H14ClN3/c1-8-3-2-4-12(8)7-13-6-9(10)5-11-13/h5-6,8H,2-4,7H2,1H3. The van der Waals surface area contributed by atoms with E-state index in [1.807, 2.05) is 10.9 Å². The molecule has 1 aromatic rings. The van der Waals surface area contributed by atoms with E-state index in [2.05, 4.69) is 16.9 Å². The van der Waals surface area contributed by atoms with Gasteiger partial charge < -0.3 is 0 Å². The van der Waals surface area contributed by atoms with Gasteiger partial charge in [0, 0.05) is 18.8 Å². The maximum absolute atomic E-state index is 5.78. The van der Waals surface area contributed by atoms with Gasteiger partial charge in [0.2, 0.25) is 0 Å². The van der Waals surface area contributed by atoms with Crippen LogP contribution in [0.2, 0.25) is 5.02 Å². The smallest absolute Gasteiger partial charge is 0.0931 e. The van der Waals surface area contributed by atoms with Gasteiger partial charge in [0.25, 0.3) is 0 Å². The van der Waals surface area contributed by atoms with E-state index in [0.29, 0.717) is 11.1 Å². The monoisotopic (exact) mass is 199 g/mol. The van der Waals surface area contributed by atoms with Crippen molar-refractivity contribution in [3.05, 3.63) is 17.4 Å². The molecule has 72 valence electrons. The Balaban J connectivity index is 1.97. The zero-order chi connectivity index (χ0) is 9.26. The van der Waals surface area contributed by atoms with E-state index in [1.54, 1.807) is 6.20 Å². The quantitative estimate of drug-likeness (QED) is 0.727. The minimum atomic E-state index is 0.683. The summed E-state index contributed by atoms with van der Waals surface area (Å²) in [5.41, 5.74) is 0. The first-order chi connectivity index (χ1) is 6.25. The van der Waals surface area contributed by atoms with Crippen molar-refractivity contribution in [2.75, 3.05) is 6.54 Å². The number of hydrogen-bond donors (Lipinski definition) is 0. The number of aromatic nitrogens is 2. The zero-order valence-electron chi connectivity index (χ0n) is 7.78. The summed E-state index contributed by atoms with van der Waals surface area (Å²) in [6.07, 6.45) is 6.15. The van der Waals surface area contributed by atoms with Crippen molar-refractivity contribution in [2.45, 2.75) is 32.5 Å². The molecule has 1 fully saturated rings. The largest absolute Gasteiger partial charge is 0.282 e. The van der Waals surface area contributed by atoms with E-state index in [4.69, 9.17) is 11.6 Å². The minimum Gasteiger partial charge on any atom is -0.282 e. The van der Waals surface area contributed by atoms with Crippen molar-refractivity contribution in [3.63, 3.8) is 0 Å². The maximum Gasteiger partial charge on any atom is 0.0931 e. The van der Waals surface area contributed by atoms with Crippen molar-refractivity contribution in [1.82, 2.24) is 14.7 Å². The van der Waals surface area contributed by atoms with Gasteiger partial charge in [0.1, 0.15) is 0 Å². The molecule has 1 unspecified atom stereocenters. The first-order valence-corrected chi connectivity index (χ1v) is 5.05. The molecule has 3 nitrogen and oxygen atoms in total. The molecule has 0 aliphatic carbocycles. The first kappa shape index (κ1) is 9.03.